The minimum atomic E-state index is -0.444. The quantitative estimate of drug-likeness (QED) is 0.389. The molecule has 0 aliphatic carbocycles. The van der Waals surface area contributed by atoms with Crippen molar-refractivity contribution in [2.45, 2.75) is 13.8 Å². The molecule has 14 heavy (non-hydrogen) atoms. The van der Waals surface area contributed by atoms with Crippen LogP contribution < -0.4 is 0 Å². The van der Waals surface area contributed by atoms with Crippen molar-refractivity contribution in [1.29, 1.82) is 0 Å². The van der Waals surface area contributed by atoms with Crippen LogP contribution in [0.15, 0.2) is 23.3 Å². The number of carbonyl (C=O) groups is 2. The maximum Gasteiger partial charge on any atom is 0.330 e. The van der Waals surface area contributed by atoms with Gasteiger partial charge in [-0.05, 0) is 25.0 Å². The Bertz CT molecular complexity index is 256. The van der Waals surface area contributed by atoms with Crippen molar-refractivity contribution in [2.75, 3.05) is 14.2 Å². The molecule has 0 unspecified atom stereocenters. The Labute approximate surface area is 83.2 Å². The molecule has 0 rings (SSSR count). The summed E-state index contributed by atoms with van der Waals surface area (Å²) in [5, 5.41) is 0. The third-order valence-electron chi connectivity index (χ3n) is 1.69. The highest BCUT2D eigenvalue weighted by molar-refractivity contribution is 5.86. The lowest BCUT2D eigenvalue weighted by Gasteiger charge is -2.00. The predicted octanol–water partition coefficient (Wildman–Crippen LogP) is 1.22. The SMILES string of the molecule is COC(=O)/C=C(C)/C(C)=C/C(=O)OC. The molecule has 0 saturated carbocycles. The molecule has 0 aromatic carbocycles. The van der Waals surface area contributed by atoms with Crippen molar-refractivity contribution in [3.05, 3.63) is 23.3 Å². The topological polar surface area (TPSA) is 52.6 Å². The number of carbonyl (C=O) groups excluding carboxylic acids is 2. The summed E-state index contributed by atoms with van der Waals surface area (Å²) in [6, 6.07) is 0. The lowest BCUT2D eigenvalue weighted by molar-refractivity contribution is -0.135. The van der Waals surface area contributed by atoms with E-state index in [1.165, 1.54) is 26.4 Å². The molecule has 0 atom stereocenters. The van der Waals surface area contributed by atoms with Gasteiger partial charge in [-0.1, -0.05) is 0 Å². The number of hydrogen-bond donors (Lipinski definition) is 0. The summed E-state index contributed by atoms with van der Waals surface area (Å²) in [6.07, 6.45) is 2.63. The molecule has 0 aromatic heterocycles. The highest BCUT2D eigenvalue weighted by Gasteiger charge is 2.01. The van der Waals surface area contributed by atoms with E-state index >= 15 is 0 Å². The van der Waals surface area contributed by atoms with E-state index in [1.54, 1.807) is 13.8 Å². The zero-order valence-electron chi connectivity index (χ0n) is 8.79. The first-order valence-corrected chi connectivity index (χ1v) is 4.04. The average molecular weight is 198 g/mol. The summed E-state index contributed by atoms with van der Waals surface area (Å²) in [5.41, 5.74) is 1.34. The van der Waals surface area contributed by atoms with E-state index in [0.29, 0.717) is 11.1 Å². The molecule has 78 valence electrons. The standard InChI is InChI=1S/C10H14O4/c1-7(5-9(11)13-3)8(2)6-10(12)14-4/h5-6H,1-4H3/b7-5+,8-6+. The van der Waals surface area contributed by atoms with Crippen LogP contribution in [0.4, 0.5) is 0 Å². The van der Waals surface area contributed by atoms with Crippen LogP contribution in [0.1, 0.15) is 13.8 Å². The summed E-state index contributed by atoms with van der Waals surface area (Å²) in [5.74, 6) is -0.889. The minimum absolute atomic E-state index is 0.444. The van der Waals surface area contributed by atoms with E-state index in [0.717, 1.165) is 0 Å². The van der Waals surface area contributed by atoms with Gasteiger partial charge < -0.3 is 9.47 Å². The molecule has 0 amide bonds. The molecule has 4 heteroatoms. The fraction of sp³-hybridized carbons (Fsp3) is 0.400. The summed E-state index contributed by atoms with van der Waals surface area (Å²) in [7, 11) is 2.59. The van der Waals surface area contributed by atoms with E-state index in [1.807, 2.05) is 0 Å². The lowest BCUT2D eigenvalue weighted by Crippen LogP contribution is -1.99. The molecule has 0 saturated heterocycles. The Morgan fingerprint density at radius 3 is 1.36 bits per heavy atom. The van der Waals surface area contributed by atoms with Gasteiger partial charge in [-0.3, -0.25) is 0 Å². The van der Waals surface area contributed by atoms with Gasteiger partial charge in [-0.25, -0.2) is 9.59 Å². The molecule has 0 fully saturated rings. The summed E-state index contributed by atoms with van der Waals surface area (Å²) in [6.45, 7) is 3.43. The largest absolute Gasteiger partial charge is 0.466 e. The van der Waals surface area contributed by atoms with Gasteiger partial charge in [0.2, 0.25) is 0 Å². The zero-order chi connectivity index (χ0) is 11.1. The Morgan fingerprint density at radius 2 is 1.14 bits per heavy atom. The highest BCUT2D eigenvalue weighted by atomic mass is 16.5. The normalized spacial score (nSPS) is 12.3. The van der Waals surface area contributed by atoms with Gasteiger partial charge in [0.05, 0.1) is 14.2 Å². The van der Waals surface area contributed by atoms with Crippen LogP contribution in [0.5, 0.6) is 0 Å². The van der Waals surface area contributed by atoms with E-state index in [2.05, 4.69) is 9.47 Å². The molecule has 0 radical (unpaired) electrons. The van der Waals surface area contributed by atoms with Crippen LogP contribution in [0, 0.1) is 0 Å². The molecule has 0 aliphatic rings. The van der Waals surface area contributed by atoms with Crippen LogP contribution in [0.25, 0.3) is 0 Å². The summed E-state index contributed by atoms with van der Waals surface area (Å²) < 4.78 is 8.89. The first-order valence-electron chi connectivity index (χ1n) is 4.04. The fourth-order valence-corrected chi connectivity index (χ4v) is 0.699. The van der Waals surface area contributed by atoms with Crippen LogP contribution in [-0.2, 0) is 19.1 Å². The van der Waals surface area contributed by atoms with Gasteiger partial charge in [0.1, 0.15) is 0 Å². The second kappa shape index (κ2) is 5.96. The summed E-state index contributed by atoms with van der Waals surface area (Å²) >= 11 is 0. The van der Waals surface area contributed by atoms with E-state index in [4.69, 9.17) is 0 Å². The van der Waals surface area contributed by atoms with Crippen LogP contribution in [-0.4, -0.2) is 26.2 Å². The van der Waals surface area contributed by atoms with Gasteiger partial charge in [-0.15, -0.1) is 0 Å². The number of hydrogen-bond acceptors (Lipinski definition) is 4. The predicted molar refractivity (Wildman–Crippen MR) is 51.5 cm³/mol. The lowest BCUT2D eigenvalue weighted by atomic mass is 10.1. The molecule has 0 N–H and O–H groups in total. The van der Waals surface area contributed by atoms with E-state index in [9.17, 15) is 9.59 Å². The van der Waals surface area contributed by atoms with Crippen molar-refractivity contribution >= 4 is 11.9 Å². The fourth-order valence-electron chi connectivity index (χ4n) is 0.699. The zero-order valence-corrected chi connectivity index (χ0v) is 8.79. The van der Waals surface area contributed by atoms with Crippen LogP contribution >= 0.6 is 0 Å². The van der Waals surface area contributed by atoms with Gasteiger partial charge in [0, 0.05) is 12.2 Å². The van der Waals surface area contributed by atoms with Crippen molar-refractivity contribution in [2.24, 2.45) is 0 Å². The first-order chi connectivity index (χ1) is 6.51. The van der Waals surface area contributed by atoms with E-state index < -0.39 is 11.9 Å². The van der Waals surface area contributed by atoms with Gasteiger partial charge in [0.15, 0.2) is 0 Å². The molecule has 0 heterocycles. The highest BCUT2D eigenvalue weighted by Crippen LogP contribution is 2.08. The molecule has 0 aromatic rings. The molecular formula is C10H14O4. The number of ether oxygens (including phenoxy) is 2. The molecule has 4 nitrogen and oxygen atoms in total. The second-order valence-corrected chi connectivity index (χ2v) is 2.70. The van der Waals surface area contributed by atoms with E-state index in [-0.39, 0.29) is 0 Å². The van der Waals surface area contributed by atoms with Crippen molar-refractivity contribution in [3.63, 3.8) is 0 Å². The second-order valence-electron chi connectivity index (χ2n) is 2.70. The van der Waals surface area contributed by atoms with Crippen LogP contribution in [0.3, 0.4) is 0 Å². The molecule has 0 spiro atoms. The third kappa shape index (κ3) is 4.45. The molecular weight excluding hydrogens is 184 g/mol. The monoisotopic (exact) mass is 198 g/mol. The van der Waals surface area contributed by atoms with Gasteiger partial charge in [-0.2, -0.15) is 0 Å². The molecule has 0 aliphatic heterocycles. The van der Waals surface area contributed by atoms with Crippen molar-refractivity contribution in [3.8, 4) is 0 Å². The maximum absolute atomic E-state index is 10.8. The van der Waals surface area contributed by atoms with Crippen molar-refractivity contribution < 1.29 is 19.1 Å². The van der Waals surface area contributed by atoms with Gasteiger partial charge in [0.25, 0.3) is 0 Å². The minimum Gasteiger partial charge on any atom is -0.466 e. The number of allylic oxidation sites excluding steroid dienone is 2. The Kier molecular flexibility index (Phi) is 5.29. The Hall–Kier alpha value is -1.58. The summed E-state index contributed by atoms with van der Waals surface area (Å²) in [4.78, 5) is 21.7. The first kappa shape index (κ1) is 12.4. The Balaban J connectivity index is 4.61. The van der Waals surface area contributed by atoms with Crippen molar-refractivity contribution in [1.82, 2.24) is 0 Å². The number of rotatable bonds is 3. The van der Waals surface area contributed by atoms with Gasteiger partial charge >= 0.3 is 11.9 Å². The smallest absolute Gasteiger partial charge is 0.330 e. The van der Waals surface area contributed by atoms with Crippen LogP contribution in [0.2, 0.25) is 0 Å². The third-order valence-corrected chi connectivity index (χ3v) is 1.69. The Morgan fingerprint density at radius 1 is 0.857 bits per heavy atom. The number of methoxy groups -OCH3 is 2. The maximum atomic E-state index is 10.8. The average Bonchev–Trinajstić information content (AvgIpc) is 2.17. The molecule has 0 bridgehead atoms. The number of esters is 2.